The quantitative estimate of drug-likeness (QED) is 0.767. The van der Waals surface area contributed by atoms with Crippen LogP contribution in [0.3, 0.4) is 0 Å². The molecular weight excluding hydrogens is 296 g/mol. The smallest absolute Gasteiger partial charge is 0.249 e. The predicted molar refractivity (Wildman–Crippen MR) is 81.1 cm³/mol. The SMILES string of the molecule is Cc1cccc(-c2noc(C(C)NC(=O)Cn3nccn3)n2)c1. The van der Waals surface area contributed by atoms with Crippen molar-refractivity contribution in [2.45, 2.75) is 26.4 Å². The highest BCUT2D eigenvalue weighted by Crippen LogP contribution is 2.19. The molecule has 118 valence electrons. The maximum Gasteiger partial charge on any atom is 0.249 e. The lowest BCUT2D eigenvalue weighted by atomic mass is 10.1. The van der Waals surface area contributed by atoms with Crippen LogP contribution in [-0.4, -0.2) is 31.0 Å². The monoisotopic (exact) mass is 312 g/mol. The Kier molecular flexibility index (Phi) is 4.13. The summed E-state index contributed by atoms with van der Waals surface area (Å²) < 4.78 is 5.24. The van der Waals surface area contributed by atoms with Crippen LogP contribution in [0.4, 0.5) is 0 Å². The minimum absolute atomic E-state index is 0.0379. The number of nitrogens with one attached hydrogen (secondary N) is 1. The summed E-state index contributed by atoms with van der Waals surface area (Å²) in [5.41, 5.74) is 1.99. The fraction of sp³-hybridized carbons (Fsp3) is 0.267. The summed E-state index contributed by atoms with van der Waals surface area (Å²) in [5, 5.41) is 14.5. The molecule has 0 fully saturated rings. The Morgan fingerprint density at radius 3 is 2.87 bits per heavy atom. The van der Waals surface area contributed by atoms with E-state index in [1.165, 1.54) is 17.2 Å². The van der Waals surface area contributed by atoms with Crippen molar-refractivity contribution in [3.05, 3.63) is 48.1 Å². The third-order valence-electron chi connectivity index (χ3n) is 3.22. The van der Waals surface area contributed by atoms with E-state index in [1.807, 2.05) is 31.2 Å². The van der Waals surface area contributed by atoms with Gasteiger partial charge in [0.25, 0.3) is 0 Å². The van der Waals surface area contributed by atoms with Gasteiger partial charge in [-0.3, -0.25) is 4.79 Å². The van der Waals surface area contributed by atoms with Gasteiger partial charge in [0.2, 0.25) is 17.6 Å². The Morgan fingerprint density at radius 1 is 1.35 bits per heavy atom. The van der Waals surface area contributed by atoms with Crippen LogP contribution in [-0.2, 0) is 11.3 Å². The van der Waals surface area contributed by atoms with Crippen molar-refractivity contribution in [1.29, 1.82) is 0 Å². The first-order valence-corrected chi connectivity index (χ1v) is 7.16. The molecule has 23 heavy (non-hydrogen) atoms. The van der Waals surface area contributed by atoms with E-state index >= 15 is 0 Å². The van der Waals surface area contributed by atoms with Crippen LogP contribution in [0.15, 0.2) is 41.2 Å². The van der Waals surface area contributed by atoms with Crippen molar-refractivity contribution in [2.24, 2.45) is 0 Å². The molecule has 1 unspecified atom stereocenters. The van der Waals surface area contributed by atoms with E-state index in [0.29, 0.717) is 11.7 Å². The maximum absolute atomic E-state index is 11.9. The Bertz CT molecular complexity index is 796. The molecule has 8 nitrogen and oxygen atoms in total. The average Bonchev–Trinajstić information content (AvgIpc) is 3.18. The number of aryl methyl sites for hydroxylation is 1. The summed E-state index contributed by atoms with van der Waals surface area (Å²) in [4.78, 5) is 17.6. The number of benzene rings is 1. The van der Waals surface area contributed by atoms with Gasteiger partial charge in [0.1, 0.15) is 12.6 Å². The molecule has 2 heterocycles. The number of carbonyl (C=O) groups excluding carboxylic acids is 1. The highest BCUT2D eigenvalue weighted by Gasteiger charge is 2.17. The topological polar surface area (TPSA) is 98.7 Å². The van der Waals surface area contributed by atoms with Crippen molar-refractivity contribution in [2.75, 3.05) is 0 Å². The molecule has 0 aliphatic carbocycles. The largest absolute Gasteiger partial charge is 0.343 e. The Balaban J connectivity index is 1.66. The number of aromatic nitrogens is 5. The number of rotatable bonds is 5. The van der Waals surface area contributed by atoms with Gasteiger partial charge < -0.3 is 9.84 Å². The summed E-state index contributed by atoms with van der Waals surface area (Å²) in [7, 11) is 0. The second-order valence-corrected chi connectivity index (χ2v) is 5.17. The summed E-state index contributed by atoms with van der Waals surface area (Å²) in [5.74, 6) is 0.617. The third kappa shape index (κ3) is 3.60. The zero-order valence-corrected chi connectivity index (χ0v) is 12.8. The first-order valence-electron chi connectivity index (χ1n) is 7.16. The molecule has 0 spiro atoms. The lowest BCUT2D eigenvalue weighted by Gasteiger charge is -2.08. The Hall–Kier alpha value is -3.03. The second kappa shape index (κ2) is 6.39. The number of nitrogens with zero attached hydrogens (tertiary/aromatic N) is 5. The fourth-order valence-electron chi connectivity index (χ4n) is 2.11. The minimum atomic E-state index is -0.399. The van der Waals surface area contributed by atoms with Gasteiger partial charge in [-0.2, -0.15) is 20.0 Å². The van der Waals surface area contributed by atoms with Crippen LogP contribution < -0.4 is 5.32 Å². The van der Waals surface area contributed by atoms with Crippen molar-refractivity contribution in [3.63, 3.8) is 0 Å². The first-order chi connectivity index (χ1) is 11.1. The Morgan fingerprint density at radius 2 is 2.13 bits per heavy atom. The molecule has 1 atom stereocenters. The zero-order chi connectivity index (χ0) is 16.2. The standard InChI is InChI=1S/C15H16N6O2/c1-10-4-3-5-12(8-10)14-19-15(23-20-14)11(2)18-13(22)9-21-16-6-7-17-21/h3-8,11H,9H2,1-2H3,(H,18,22). The van der Waals surface area contributed by atoms with Gasteiger partial charge in [0.15, 0.2) is 0 Å². The molecule has 0 aliphatic rings. The number of amides is 1. The normalized spacial score (nSPS) is 12.1. The van der Waals surface area contributed by atoms with Crippen molar-refractivity contribution < 1.29 is 9.32 Å². The molecule has 3 aromatic rings. The van der Waals surface area contributed by atoms with Gasteiger partial charge in [-0.1, -0.05) is 28.9 Å². The molecule has 0 saturated heterocycles. The molecule has 3 rings (SSSR count). The van der Waals surface area contributed by atoms with E-state index in [4.69, 9.17) is 4.52 Å². The number of carbonyl (C=O) groups is 1. The summed E-state index contributed by atoms with van der Waals surface area (Å²) in [6.45, 7) is 3.81. The van der Waals surface area contributed by atoms with Crippen LogP contribution in [0.5, 0.6) is 0 Å². The average molecular weight is 312 g/mol. The van der Waals surface area contributed by atoms with Crippen LogP contribution in [0, 0.1) is 6.92 Å². The molecule has 1 N–H and O–H groups in total. The summed E-state index contributed by atoms with van der Waals surface area (Å²) >= 11 is 0. The first kappa shape index (κ1) is 14.9. The maximum atomic E-state index is 11.9. The molecule has 0 bridgehead atoms. The van der Waals surface area contributed by atoms with E-state index in [-0.39, 0.29) is 12.5 Å². The van der Waals surface area contributed by atoms with Gasteiger partial charge >= 0.3 is 0 Å². The van der Waals surface area contributed by atoms with Crippen LogP contribution in [0.1, 0.15) is 24.4 Å². The summed E-state index contributed by atoms with van der Waals surface area (Å²) in [6, 6.07) is 7.42. The molecular formula is C15H16N6O2. The third-order valence-corrected chi connectivity index (χ3v) is 3.22. The van der Waals surface area contributed by atoms with Crippen molar-refractivity contribution in [1.82, 2.24) is 30.5 Å². The van der Waals surface area contributed by atoms with Crippen LogP contribution >= 0.6 is 0 Å². The van der Waals surface area contributed by atoms with E-state index < -0.39 is 6.04 Å². The van der Waals surface area contributed by atoms with E-state index in [9.17, 15) is 4.79 Å². The van der Waals surface area contributed by atoms with Crippen molar-refractivity contribution >= 4 is 5.91 Å². The second-order valence-electron chi connectivity index (χ2n) is 5.17. The Labute approximate surface area is 132 Å². The summed E-state index contributed by atoms with van der Waals surface area (Å²) in [6.07, 6.45) is 3.03. The van der Waals surface area contributed by atoms with Gasteiger partial charge in [-0.25, -0.2) is 0 Å². The molecule has 0 aliphatic heterocycles. The lowest BCUT2D eigenvalue weighted by Crippen LogP contribution is -2.31. The van der Waals surface area contributed by atoms with E-state index in [1.54, 1.807) is 6.92 Å². The van der Waals surface area contributed by atoms with E-state index in [2.05, 4.69) is 25.7 Å². The van der Waals surface area contributed by atoms with Crippen molar-refractivity contribution in [3.8, 4) is 11.4 Å². The highest BCUT2D eigenvalue weighted by molar-refractivity contribution is 5.75. The van der Waals surface area contributed by atoms with Gasteiger partial charge in [-0.15, -0.1) is 0 Å². The fourth-order valence-corrected chi connectivity index (χ4v) is 2.11. The van der Waals surface area contributed by atoms with Gasteiger partial charge in [0.05, 0.1) is 12.4 Å². The molecule has 0 saturated carbocycles. The molecule has 2 aromatic heterocycles. The lowest BCUT2D eigenvalue weighted by molar-refractivity contribution is -0.122. The predicted octanol–water partition coefficient (Wildman–Crippen LogP) is 1.51. The highest BCUT2D eigenvalue weighted by atomic mass is 16.5. The number of hydrogen-bond acceptors (Lipinski definition) is 6. The number of hydrogen-bond donors (Lipinski definition) is 1. The minimum Gasteiger partial charge on any atom is -0.343 e. The molecule has 1 amide bonds. The molecule has 1 aromatic carbocycles. The zero-order valence-electron chi connectivity index (χ0n) is 12.8. The van der Waals surface area contributed by atoms with Crippen LogP contribution in [0.2, 0.25) is 0 Å². The molecule has 8 heteroatoms. The van der Waals surface area contributed by atoms with E-state index in [0.717, 1.165) is 11.1 Å². The van der Waals surface area contributed by atoms with Gasteiger partial charge in [0, 0.05) is 5.56 Å². The van der Waals surface area contributed by atoms with Gasteiger partial charge in [-0.05, 0) is 19.9 Å². The van der Waals surface area contributed by atoms with Crippen LogP contribution in [0.25, 0.3) is 11.4 Å². The molecule has 0 radical (unpaired) electrons.